The van der Waals surface area contributed by atoms with Crippen molar-refractivity contribution in [2.24, 2.45) is 0 Å². The second-order valence-corrected chi connectivity index (χ2v) is 4.71. The van der Waals surface area contributed by atoms with E-state index in [9.17, 15) is 8.78 Å². The number of imidazole rings is 1. The molecule has 3 aromatic rings. The SMILES string of the molecule is COc1ccc2c(c1)nc(CCl)n2-c1cc(F)ccc1F. The number of alkyl halides is 1. The Morgan fingerprint density at radius 1 is 1.19 bits per heavy atom. The van der Waals surface area contributed by atoms with Gasteiger partial charge in [0.05, 0.1) is 29.7 Å². The third-order valence-electron chi connectivity index (χ3n) is 3.20. The van der Waals surface area contributed by atoms with Gasteiger partial charge in [-0.2, -0.15) is 0 Å². The second-order valence-electron chi connectivity index (χ2n) is 4.45. The number of hydrogen-bond donors (Lipinski definition) is 0. The van der Waals surface area contributed by atoms with Crippen LogP contribution in [0, 0.1) is 11.6 Å². The Morgan fingerprint density at radius 3 is 2.71 bits per heavy atom. The van der Waals surface area contributed by atoms with Gasteiger partial charge >= 0.3 is 0 Å². The topological polar surface area (TPSA) is 27.1 Å². The van der Waals surface area contributed by atoms with Crippen molar-refractivity contribution in [2.45, 2.75) is 5.88 Å². The number of ether oxygens (including phenoxy) is 1. The van der Waals surface area contributed by atoms with Gasteiger partial charge in [-0.1, -0.05) is 0 Å². The normalized spacial score (nSPS) is 11.0. The van der Waals surface area contributed by atoms with Crippen molar-refractivity contribution in [3.8, 4) is 11.4 Å². The van der Waals surface area contributed by atoms with Crippen molar-refractivity contribution in [3.63, 3.8) is 0 Å². The lowest BCUT2D eigenvalue weighted by Gasteiger charge is -2.09. The molecule has 0 aliphatic rings. The predicted molar refractivity (Wildman–Crippen MR) is 77.1 cm³/mol. The summed E-state index contributed by atoms with van der Waals surface area (Å²) in [5, 5.41) is 0. The average molecular weight is 309 g/mol. The predicted octanol–water partition coefficient (Wildman–Crippen LogP) is 4.05. The first kappa shape index (κ1) is 13.8. The minimum Gasteiger partial charge on any atom is -0.497 e. The smallest absolute Gasteiger partial charge is 0.147 e. The Hall–Kier alpha value is -2.14. The lowest BCUT2D eigenvalue weighted by atomic mass is 10.2. The van der Waals surface area contributed by atoms with Gasteiger partial charge in [-0.05, 0) is 24.3 Å². The number of halogens is 3. The van der Waals surface area contributed by atoms with Crippen LogP contribution in [-0.4, -0.2) is 16.7 Å². The Labute approximate surface area is 124 Å². The molecule has 0 N–H and O–H groups in total. The molecule has 0 bridgehead atoms. The molecular weight excluding hydrogens is 298 g/mol. The minimum absolute atomic E-state index is 0.0763. The Kier molecular flexibility index (Phi) is 3.51. The molecule has 0 unspecified atom stereocenters. The standard InChI is InChI=1S/C15H11ClF2N2O/c1-21-10-3-5-13-12(7-10)19-15(8-16)20(13)14-6-9(17)2-4-11(14)18/h2-7H,8H2,1H3. The number of hydrogen-bond acceptors (Lipinski definition) is 2. The van der Waals surface area contributed by atoms with E-state index >= 15 is 0 Å². The summed E-state index contributed by atoms with van der Waals surface area (Å²) in [6, 6.07) is 8.46. The highest BCUT2D eigenvalue weighted by atomic mass is 35.5. The first-order chi connectivity index (χ1) is 10.1. The molecule has 0 atom stereocenters. The summed E-state index contributed by atoms with van der Waals surface area (Å²) in [5.74, 6) is 0.0741. The van der Waals surface area contributed by atoms with Crippen molar-refractivity contribution in [3.05, 3.63) is 53.9 Å². The van der Waals surface area contributed by atoms with Crippen LogP contribution in [0.15, 0.2) is 36.4 Å². The van der Waals surface area contributed by atoms with Gasteiger partial charge in [0.15, 0.2) is 0 Å². The lowest BCUT2D eigenvalue weighted by Crippen LogP contribution is -2.02. The van der Waals surface area contributed by atoms with Crippen LogP contribution in [-0.2, 0) is 5.88 Å². The van der Waals surface area contributed by atoms with Gasteiger partial charge in [-0.3, -0.25) is 4.57 Å². The van der Waals surface area contributed by atoms with E-state index in [4.69, 9.17) is 16.3 Å². The van der Waals surface area contributed by atoms with Crippen LogP contribution in [0.4, 0.5) is 8.78 Å². The highest BCUT2D eigenvalue weighted by Gasteiger charge is 2.16. The maximum Gasteiger partial charge on any atom is 0.147 e. The number of benzene rings is 2. The van der Waals surface area contributed by atoms with Gasteiger partial charge in [0.1, 0.15) is 23.2 Å². The molecule has 0 fully saturated rings. The van der Waals surface area contributed by atoms with Crippen LogP contribution in [0.25, 0.3) is 16.7 Å². The van der Waals surface area contributed by atoms with E-state index < -0.39 is 11.6 Å². The summed E-state index contributed by atoms with van der Waals surface area (Å²) in [4.78, 5) is 4.35. The minimum atomic E-state index is -0.544. The van der Waals surface area contributed by atoms with E-state index in [1.54, 1.807) is 25.3 Å². The number of aromatic nitrogens is 2. The number of nitrogens with zero attached hydrogens (tertiary/aromatic N) is 2. The molecule has 0 aliphatic heterocycles. The van der Waals surface area contributed by atoms with Gasteiger partial charge in [0, 0.05) is 12.1 Å². The van der Waals surface area contributed by atoms with Gasteiger partial charge in [0.2, 0.25) is 0 Å². The van der Waals surface area contributed by atoms with Crippen LogP contribution >= 0.6 is 11.6 Å². The van der Waals surface area contributed by atoms with E-state index in [0.717, 1.165) is 18.2 Å². The number of methoxy groups -OCH3 is 1. The highest BCUT2D eigenvalue weighted by Crippen LogP contribution is 2.27. The molecule has 0 radical (unpaired) electrons. The summed E-state index contributed by atoms with van der Waals surface area (Å²) in [5.41, 5.74) is 1.32. The Balaban J connectivity index is 2.32. The summed E-state index contributed by atoms with van der Waals surface area (Å²) in [6.07, 6.45) is 0. The summed E-state index contributed by atoms with van der Waals surface area (Å²) < 4.78 is 34.1. The molecular formula is C15H11ClF2N2O. The molecule has 0 amide bonds. The van der Waals surface area contributed by atoms with Crippen LogP contribution in [0.1, 0.15) is 5.82 Å². The number of fused-ring (bicyclic) bond motifs is 1. The second kappa shape index (κ2) is 5.33. The van der Waals surface area contributed by atoms with Gasteiger partial charge < -0.3 is 4.74 Å². The van der Waals surface area contributed by atoms with E-state index in [1.165, 1.54) is 4.57 Å². The van der Waals surface area contributed by atoms with Gasteiger partial charge in [-0.15, -0.1) is 11.6 Å². The third kappa shape index (κ3) is 2.34. The van der Waals surface area contributed by atoms with Crippen molar-refractivity contribution < 1.29 is 13.5 Å². The molecule has 1 heterocycles. The monoisotopic (exact) mass is 308 g/mol. The fourth-order valence-electron chi connectivity index (χ4n) is 2.25. The molecule has 6 heteroatoms. The number of rotatable bonds is 3. The maximum atomic E-state index is 14.0. The van der Waals surface area contributed by atoms with Crippen molar-refractivity contribution in [1.82, 2.24) is 9.55 Å². The van der Waals surface area contributed by atoms with Crippen LogP contribution < -0.4 is 4.74 Å². The highest BCUT2D eigenvalue weighted by molar-refractivity contribution is 6.17. The zero-order valence-corrected chi connectivity index (χ0v) is 11.9. The molecule has 21 heavy (non-hydrogen) atoms. The van der Waals surface area contributed by atoms with Gasteiger partial charge in [-0.25, -0.2) is 13.8 Å². The largest absolute Gasteiger partial charge is 0.497 e. The molecule has 0 spiro atoms. The van der Waals surface area contributed by atoms with E-state index in [1.807, 2.05) is 0 Å². The quantitative estimate of drug-likeness (QED) is 0.683. The molecule has 3 rings (SSSR count). The van der Waals surface area contributed by atoms with Crippen LogP contribution in [0.5, 0.6) is 5.75 Å². The first-order valence-corrected chi connectivity index (χ1v) is 6.74. The molecule has 0 saturated carbocycles. The van der Waals surface area contributed by atoms with Crippen LogP contribution in [0.3, 0.4) is 0 Å². The summed E-state index contributed by atoms with van der Waals surface area (Å²) in [7, 11) is 1.55. The lowest BCUT2D eigenvalue weighted by molar-refractivity contribution is 0.415. The average Bonchev–Trinajstić information content (AvgIpc) is 2.87. The Morgan fingerprint density at radius 2 is 2.00 bits per heavy atom. The molecule has 2 aromatic carbocycles. The zero-order chi connectivity index (χ0) is 15.0. The van der Waals surface area contributed by atoms with E-state index in [-0.39, 0.29) is 11.6 Å². The maximum absolute atomic E-state index is 14.0. The summed E-state index contributed by atoms with van der Waals surface area (Å²) >= 11 is 5.89. The van der Waals surface area contributed by atoms with E-state index in [2.05, 4.69) is 4.98 Å². The first-order valence-electron chi connectivity index (χ1n) is 6.21. The fraction of sp³-hybridized carbons (Fsp3) is 0.133. The fourth-order valence-corrected chi connectivity index (χ4v) is 2.43. The van der Waals surface area contributed by atoms with Crippen LogP contribution in [0.2, 0.25) is 0 Å². The van der Waals surface area contributed by atoms with Gasteiger partial charge in [0.25, 0.3) is 0 Å². The Bertz CT molecular complexity index is 817. The van der Waals surface area contributed by atoms with Crippen molar-refractivity contribution in [2.75, 3.05) is 7.11 Å². The zero-order valence-electron chi connectivity index (χ0n) is 11.1. The molecule has 1 aromatic heterocycles. The van der Waals surface area contributed by atoms with Crippen molar-refractivity contribution >= 4 is 22.6 Å². The molecule has 0 saturated heterocycles. The summed E-state index contributed by atoms with van der Waals surface area (Å²) in [6.45, 7) is 0. The van der Waals surface area contributed by atoms with E-state index in [0.29, 0.717) is 22.6 Å². The molecule has 108 valence electrons. The third-order valence-corrected chi connectivity index (χ3v) is 3.44. The molecule has 0 aliphatic carbocycles. The molecule has 3 nitrogen and oxygen atoms in total. The van der Waals surface area contributed by atoms with Crippen molar-refractivity contribution in [1.29, 1.82) is 0 Å².